The van der Waals surface area contributed by atoms with E-state index in [1.165, 1.54) is 14.2 Å². The average Bonchev–Trinajstić information content (AvgIpc) is 2.56. The van der Waals surface area contributed by atoms with Crippen LogP contribution in [-0.2, 0) is 0 Å². The van der Waals surface area contributed by atoms with E-state index in [9.17, 15) is 0 Å². The van der Waals surface area contributed by atoms with Gasteiger partial charge in [-0.1, -0.05) is 34.8 Å². The fourth-order valence-corrected chi connectivity index (χ4v) is 3.38. The van der Waals surface area contributed by atoms with Crippen LogP contribution in [0.25, 0.3) is 22.0 Å². The zero-order valence-corrected chi connectivity index (χ0v) is 15.4. The summed E-state index contributed by atoms with van der Waals surface area (Å²) in [5, 5.41) is 2.96. The highest BCUT2D eigenvalue weighted by Gasteiger charge is 2.20. The van der Waals surface area contributed by atoms with Gasteiger partial charge in [0.25, 0.3) is 0 Å². The molecule has 0 N–H and O–H groups in total. The van der Waals surface area contributed by atoms with Crippen molar-refractivity contribution in [3.8, 4) is 22.8 Å². The standard InChI is InChI=1S/C17H13Cl3N2O2/c1-8-10-5-14(18)21-7-9(10)4-11(22-8)15-16(19)12(23-2)6-13(24-3)17(15)20/h4-7H,1-3H3. The van der Waals surface area contributed by atoms with Crippen molar-refractivity contribution in [1.82, 2.24) is 9.97 Å². The number of aryl methyl sites for hydroxylation is 1. The number of hydrogen-bond donors (Lipinski definition) is 0. The SMILES string of the molecule is COc1cc(OC)c(Cl)c(-c2cc3cnc(Cl)cc3c(C)n2)c1Cl. The van der Waals surface area contributed by atoms with Crippen molar-refractivity contribution in [3.63, 3.8) is 0 Å². The number of fused-ring (bicyclic) bond motifs is 1. The van der Waals surface area contributed by atoms with Gasteiger partial charge in [-0.15, -0.1) is 0 Å². The number of nitrogens with zero attached hydrogens (tertiary/aromatic N) is 2. The van der Waals surface area contributed by atoms with Crippen LogP contribution >= 0.6 is 34.8 Å². The second-order valence-corrected chi connectivity index (χ2v) is 6.25. The summed E-state index contributed by atoms with van der Waals surface area (Å²) in [7, 11) is 3.06. The fourth-order valence-electron chi connectivity index (χ4n) is 2.53. The maximum Gasteiger partial charge on any atom is 0.141 e. The minimum absolute atomic E-state index is 0.372. The van der Waals surface area contributed by atoms with Crippen molar-refractivity contribution >= 4 is 45.6 Å². The molecular formula is C17H13Cl3N2O2. The zero-order chi connectivity index (χ0) is 17.4. The van der Waals surface area contributed by atoms with Gasteiger partial charge >= 0.3 is 0 Å². The molecule has 3 aromatic rings. The third-order valence-electron chi connectivity index (χ3n) is 3.70. The van der Waals surface area contributed by atoms with Gasteiger partial charge in [0.2, 0.25) is 0 Å². The first-order valence-corrected chi connectivity index (χ1v) is 8.13. The van der Waals surface area contributed by atoms with E-state index >= 15 is 0 Å². The summed E-state index contributed by atoms with van der Waals surface area (Å²) >= 11 is 18.9. The van der Waals surface area contributed by atoms with Crippen LogP contribution < -0.4 is 9.47 Å². The largest absolute Gasteiger partial charge is 0.495 e. The Morgan fingerprint density at radius 3 is 2.12 bits per heavy atom. The molecule has 0 amide bonds. The van der Waals surface area contributed by atoms with E-state index in [0.29, 0.717) is 38.0 Å². The average molecular weight is 384 g/mol. The van der Waals surface area contributed by atoms with Gasteiger partial charge in [-0.25, -0.2) is 4.98 Å². The molecule has 7 heteroatoms. The first kappa shape index (κ1) is 17.1. The molecule has 0 bridgehead atoms. The van der Waals surface area contributed by atoms with Gasteiger partial charge in [0, 0.05) is 34.3 Å². The second-order valence-electron chi connectivity index (χ2n) is 5.11. The molecule has 3 rings (SSSR count). The Morgan fingerprint density at radius 1 is 0.917 bits per heavy atom. The lowest BCUT2D eigenvalue weighted by Gasteiger charge is -2.15. The molecule has 1 aromatic carbocycles. The summed E-state index contributed by atoms with van der Waals surface area (Å²) in [5.74, 6) is 0.920. The van der Waals surface area contributed by atoms with Gasteiger partial charge in [-0.3, -0.25) is 4.98 Å². The van der Waals surface area contributed by atoms with Crippen LogP contribution in [-0.4, -0.2) is 24.2 Å². The lowest BCUT2D eigenvalue weighted by atomic mass is 10.1. The summed E-state index contributed by atoms with van der Waals surface area (Å²) in [5.41, 5.74) is 1.95. The van der Waals surface area contributed by atoms with Crippen LogP contribution in [0.2, 0.25) is 15.2 Å². The van der Waals surface area contributed by atoms with Crippen molar-refractivity contribution < 1.29 is 9.47 Å². The van der Waals surface area contributed by atoms with Gasteiger partial charge in [-0.05, 0) is 19.1 Å². The Balaban J connectivity index is 2.33. The zero-order valence-electron chi connectivity index (χ0n) is 13.2. The van der Waals surface area contributed by atoms with Crippen molar-refractivity contribution in [3.05, 3.63) is 45.3 Å². The lowest BCUT2D eigenvalue weighted by Crippen LogP contribution is -1.96. The van der Waals surface area contributed by atoms with Crippen molar-refractivity contribution in [2.75, 3.05) is 14.2 Å². The molecule has 2 heterocycles. The molecule has 0 saturated heterocycles. The maximum absolute atomic E-state index is 6.46. The summed E-state index contributed by atoms with van der Waals surface area (Å²) in [6.45, 7) is 1.89. The first-order chi connectivity index (χ1) is 11.5. The number of hydrogen-bond acceptors (Lipinski definition) is 4. The highest BCUT2D eigenvalue weighted by molar-refractivity contribution is 6.41. The van der Waals surface area contributed by atoms with Crippen molar-refractivity contribution in [2.45, 2.75) is 6.92 Å². The van der Waals surface area contributed by atoms with Gasteiger partial charge in [0.05, 0.1) is 30.0 Å². The fraction of sp³-hybridized carbons (Fsp3) is 0.176. The Labute approximate surface area is 154 Å². The molecule has 0 unspecified atom stereocenters. The molecule has 124 valence electrons. The summed E-state index contributed by atoms with van der Waals surface area (Å²) < 4.78 is 10.6. The van der Waals surface area contributed by atoms with E-state index in [4.69, 9.17) is 44.3 Å². The first-order valence-electron chi connectivity index (χ1n) is 6.99. The Hall–Kier alpha value is -1.75. The summed E-state index contributed by atoms with van der Waals surface area (Å²) in [6.07, 6.45) is 1.69. The van der Waals surface area contributed by atoms with E-state index in [0.717, 1.165) is 16.5 Å². The quantitative estimate of drug-likeness (QED) is 0.554. The molecule has 0 fully saturated rings. The van der Waals surface area contributed by atoms with E-state index in [1.54, 1.807) is 18.3 Å². The Bertz CT molecular complexity index is 917. The number of halogens is 3. The molecule has 4 nitrogen and oxygen atoms in total. The third-order valence-corrected chi connectivity index (χ3v) is 4.66. The van der Waals surface area contributed by atoms with Gasteiger partial charge in [0.15, 0.2) is 0 Å². The number of aromatic nitrogens is 2. The molecule has 0 spiro atoms. The number of pyridine rings is 2. The molecule has 0 aliphatic carbocycles. The predicted octanol–water partition coefficient (Wildman–Crippen LogP) is 5.58. The van der Waals surface area contributed by atoms with Crippen LogP contribution in [0.5, 0.6) is 11.5 Å². The van der Waals surface area contributed by atoms with Gasteiger partial charge in [-0.2, -0.15) is 0 Å². The smallest absolute Gasteiger partial charge is 0.141 e. The van der Waals surface area contributed by atoms with E-state index in [-0.39, 0.29) is 0 Å². The molecular weight excluding hydrogens is 371 g/mol. The molecule has 24 heavy (non-hydrogen) atoms. The highest BCUT2D eigenvalue weighted by Crippen LogP contribution is 2.45. The minimum Gasteiger partial charge on any atom is -0.495 e. The molecule has 0 atom stereocenters. The number of rotatable bonds is 3. The molecule has 0 radical (unpaired) electrons. The number of methoxy groups -OCH3 is 2. The van der Waals surface area contributed by atoms with E-state index in [1.807, 2.05) is 13.0 Å². The van der Waals surface area contributed by atoms with E-state index in [2.05, 4.69) is 9.97 Å². The third kappa shape index (κ3) is 2.86. The van der Waals surface area contributed by atoms with E-state index < -0.39 is 0 Å². The minimum atomic E-state index is 0.372. The van der Waals surface area contributed by atoms with Crippen LogP contribution in [0.3, 0.4) is 0 Å². The number of ether oxygens (including phenoxy) is 2. The van der Waals surface area contributed by atoms with Crippen molar-refractivity contribution in [2.24, 2.45) is 0 Å². The topological polar surface area (TPSA) is 44.2 Å². The monoisotopic (exact) mass is 382 g/mol. The maximum atomic E-state index is 6.46. The van der Waals surface area contributed by atoms with Crippen LogP contribution in [0, 0.1) is 6.92 Å². The molecule has 0 saturated carbocycles. The number of benzene rings is 1. The summed E-state index contributed by atoms with van der Waals surface area (Å²) in [6, 6.07) is 5.28. The Kier molecular flexibility index (Phi) is 4.72. The predicted molar refractivity (Wildman–Crippen MR) is 97.8 cm³/mol. The van der Waals surface area contributed by atoms with Gasteiger partial charge < -0.3 is 9.47 Å². The van der Waals surface area contributed by atoms with Crippen LogP contribution in [0.1, 0.15) is 5.69 Å². The normalized spacial score (nSPS) is 10.9. The summed E-state index contributed by atoms with van der Waals surface area (Å²) in [4.78, 5) is 8.74. The lowest BCUT2D eigenvalue weighted by molar-refractivity contribution is 0.395. The van der Waals surface area contributed by atoms with Crippen molar-refractivity contribution in [1.29, 1.82) is 0 Å². The molecule has 0 aliphatic rings. The van der Waals surface area contributed by atoms with Crippen LogP contribution in [0.4, 0.5) is 0 Å². The second kappa shape index (κ2) is 6.63. The van der Waals surface area contributed by atoms with Gasteiger partial charge in [0.1, 0.15) is 16.7 Å². The molecule has 0 aliphatic heterocycles. The molecule has 2 aromatic heterocycles. The highest BCUT2D eigenvalue weighted by atomic mass is 35.5. The Morgan fingerprint density at radius 2 is 1.54 bits per heavy atom. The van der Waals surface area contributed by atoms with Crippen LogP contribution in [0.15, 0.2) is 24.4 Å².